The van der Waals surface area contributed by atoms with E-state index in [4.69, 9.17) is 11.6 Å². The Morgan fingerprint density at radius 1 is 1.33 bits per heavy atom. The fraction of sp³-hybridized carbons (Fsp3) is 0.375. The number of nitrogens with one attached hydrogen (secondary N) is 2. The minimum absolute atomic E-state index is 0.00744. The van der Waals surface area contributed by atoms with Gasteiger partial charge in [-0.05, 0) is 37.2 Å². The van der Waals surface area contributed by atoms with E-state index in [9.17, 15) is 4.79 Å². The van der Waals surface area contributed by atoms with Gasteiger partial charge in [-0.15, -0.1) is 0 Å². The lowest BCUT2D eigenvalue weighted by Gasteiger charge is -2.10. The molecule has 0 aliphatic carbocycles. The van der Waals surface area contributed by atoms with Crippen LogP contribution in [0.5, 0.6) is 0 Å². The van der Waals surface area contributed by atoms with Gasteiger partial charge in [0.15, 0.2) is 0 Å². The Morgan fingerprint density at radius 2 is 2.14 bits per heavy atom. The van der Waals surface area contributed by atoms with Crippen LogP contribution in [0.2, 0.25) is 5.02 Å². The van der Waals surface area contributed by atoms with E-state index in [0.717, 1.165) is 24.0 Å². The summed E-state index contributed by atoms with van der Waals surface area (Å²) in [5, 5.41) is 7.68. The van der Waals surface area contributed by atoms with Crippen molar-refractivity contribution in [1.82, 2.24) is 10.3 Å². The maximum atomic E-state index is 12.0. The number of halogens is 1. The van der Waals surface area contributed by atoms with Crippen molar-refractivity contribution in [2.75, 3.05) is 11.9 Å². The third-order valence-electron chi connectivity index (χ3n) is 3.13. The maximum Gasteiger partial charge on any atom is 0.224 e. The Hall–Kier alpha value is -1.65. The van der Waals surface area contributed by atoms with E-state index >= 15 is 0 Å². The molecule has 0 saturated carbocycles. The molecule has 2 rings (SSSR count). The second kappa shape index (κ2) is 7.38. The maximum absolute atomic E-state index is 12.0. The summed E-state index contributed by atoms with van der Waals surface area (Å²) in [5.41, 5.74) is 1.46. The molecule has 5 heteroatoms. The van der Waals surface area contributed by atoms with Crippen LogP contribution >= 0.6 is 11.6 Å². The van der Waals surface area contributed by atoms with Gasteiger partial charge in [-0.3, -0.25) is 9.78 Å². The SMILES string of the molecule is CC(C)NCCCC(=O)Nc1ccc(Cl)c2ncccc12. The first-order valence-corrected chi connectivity index (χ1v) is 7.52. The number of carbonyl (C=O) groups is 1. The lowest BCUT2D eigenvalue weighted by Crippen LogP contribution is -2.24. The minimum atomic E-state index is 0.00744. The summed E-state index contributed by atoms with van der Waals surface area (Å²) in [4.78, 5) is 16.2. The quantitative estimate of drug-likeness (QED) is 0.802. The summed E-state index contributed by atoms with van der Waals surface area (Å²) in [6.07, 6.45) is 3.00. The highest BCUT2D eigenvalue weighted by Gasteiger charge is 2.08. The molecule has 2 aromatic rings. The molecule has 4 nitrogen and oxygen atoms in total. The number of benzene rings is 1. The van der Waals surface area contributed by atoms with Crippen LogP contribution in [0.25, 0.3) is 10.9 Å². The van der Waals surface area contributed by atoms with Gasteiger partial charge in [0.05, 0.1) is 16.2 Å². The van der Waals surface area contributed by atoms with Crippen LogP contribution in [0, 0.1) is 0 Å². The van der Waals surface area contributed by atoms with E-state index in [1.807, 2.05) is 18.2 Å². The normalized spacial score (nSPS) is 11.0. The zero-order valence-electron chi connectivity index (χ0n) is 12.3. The molecule has 1 aromatic heterocycles. The van der Waals surface area contributed by atoms with Crippen LogP contribution in [0.1, 0.15) is 26.7 Å². The highest BCUT2D eigenvalue weighted by atomic mass is 35.5. The van der Waals surface area contributed by atoms with Gasteiger partial charge < -0.3 is 10.6 Å². The smallest absolute Gasteiger partial charge is 0.224 e. The average Bonchev–Trinajstić information content (AvgIpc) is 2.47. The molecule has 0 spiro atoms. The number of amides is 1. The number of carbonyl (C=O) groups excluding carboxylic acids is 1. The first kappa shape index (κ1) is 15.7. The van der Waals surface area contributed by atoms with Crippen molar-refractivity contribution in [3.63, 3.8) is 0 Å². The molecule has 0 fully saturated rings. The molecule has 0 aliphatic rings. The molecule has 0 radical (unpaired) electrons. The number of pyridine rings is 1. The van der Waals surface area contributed by atoms with Crippen molar-refractivity contribution in [2.45, 2.75) is 32.7 Å². The summed E-state index contributed by atoms with van der Waals surface area (Å²) in [6, 6.07) is 7.76. The van der Waals surface area contributed by atoms with Gasteiger partial charge in [0.2, 0.25) is 5.91 Å². The number of rotatable bonds is 6. The first-order valence-electron chi connectivity index (χ1n) is 7.14. The van der Waals surface area contributed by atoms with Gasteiger partial charge in [-0.2, -0.15) is 0 Å². The van der Waals surface area contributed by atoms with E-state index in [-0.39, 0.29) is 5.91 Å². The Labute approximate surface area is 129 Å². The lowest BCUT2D eigenvalue weighted by molar-refractivity contribution is -0.116. The second-order valence-electron chi connectivity index (χ2n) is 5.26. The molecular weight excluding hydrogens is 286 g/mol. The monoisotopic (exact) mass is 305 g/mol. The van der Waals surface area contributed by atoms with Crippen LogP contribution in [-0.4, -0.2) is 23.5 Å². The van der Waals surface area contributed by atoms with Gasteiger partial charge in [-0.1, -0.05) is 25.4 Å². The summed E-state index contributed by atoms with van der Waals surface area (Å²) in [6.45, 7) is 5.02. The Morgan fingerprint density at radius 3 is 2.90 bits per heavy atom. The standard InChI is InChI=1S/C16H20ClN3O/c1-11(2)18-9-4-6-15(21)20-14-8-7-13(17)16-12(14)5-3-10-19-16/h3,5,7-8,10-11,18H,4,6,9H2,1-2H3,(H,20,21). The van der Waals surface area contributed by atoms with E-state index in [1.54, 1.807) is 12.3 Å². The van der Waals surface area contributed by atoms with Crippen molar-refractivity contribution in [2.24, 2.45) is 0 Å². The number of hydrogen-bond donors (Lipinski definition) is 2. The van der Waals surface area contributed by atoms with Gasteiger partial charge in [0.1, 0.15) is 0 Å². The molecule has 1 aromatic carbocycles. The highest BCUT2D eigenvalue weighted by Crippen LogP contribution is 2.28. The third kappa shape index (κ3) is 4.41. The Balaban J connectivity index is 2.00. The zero-order valence-corrected chi connectivity index (χ0v) is 13.1. The molecule has 1 amide bonds. The summed E-state index contributed by atoms with van der Waals surface area (Å²) in [7, 11) is 0. The fourth-order valence-electron chi connectivity index (χ4n) is 2.10. The van der Waals surface area contributed by atoms with Crippen molar-refractivity contribution in [3.8, 4) is 0 Å². The summed E-state index contributed by atoms with van der Waals surface area (Å²) < 4.78 is 0. The molecule has 112 valence electrons. The van der Waals surface area contributed by atoms with Gasteiger partial charge in [0, 0.05) is 24.0 Å². The highest BCUT2D eigenvalue weighted by molar-refractivity contribution is 6.35. The van der Waals surface area contributed by atoms with Crippen molar-refractivity contribution >= 4 is 34.1 Å². The number of hydrogen-bond acceptors (Lipinski definition) is 3. The fourth-order valence-corrected chi connectivity index (χ4v) is 2.31. The lowest BCUT2D eigenvalue weighted by atomic mass is 10.1. The van der Waals surface area contributed by atoms with Gasteiger partial charge in [0.25, 0.3) is 0 Å². The van der Waals surface area contributed by atoms with Crippen molar-refractivity contribution in [3.05, 3.63) is 35.5 Å². The van der Waals surface area contributed by atoms with Gasteiger partial charge in [-0.25, -0.2) is 0 Å². The third-order valence-corrected chi connectivity index (χ3v) is 3.43. The number of nitrogens with zero attached hydrogens (tertiary/aromatic N) is 1. The van der Waals surface area contributed by atoms with Crippen LogP contribution in [0.4, 0.5) is 5.69 Å². The molecule has 0 bridgehead atoms. The molecule has 21 heavy (non-hydrogen) atoms. The molecule has 0 aliphatic heterocycles. The van der Waals surface area contributed by atoms with Crippen molar-refractivity contribution in [1.29, 1.82) is 0 Å². The molecule has 0 unspecified atom stereocenters. The average molecular weight is 306 g/mol. The van der Waals surface area contributed by atoms with Crippen molar-refractivity contribution < 1.29 is 4.79 Å². The molecule has 0 atom stereocenters. The largest absolute Gasteiger partial charge is 0.325 e. The minimum Gasteiger partial charge on any atom is -0.325 e. The zero-order chi connectivity index (χ0) is 15.2. The van der Waals surface area contributed by atoms with E-state index < -0.39 is 0 Å². The predicted molar refractivity (Wildman–Crippen MR) is 87.8 cm³/mol. The summed E-state index contributed by atoms with van der Waals surface area (Å²) >= 11 is 6.11. The Kier molecular flexibility index (Phi) is 5.53. The van der Waals surface area contributed by atoms with Gasteiger partial charge >= 0.3 is 0 Å². The molecular formula is C16H20ClN3O. The predicted octanol–water partition coefficient (Wildman–Crippen LogP) is 3.60. The number of aromatic nitrogens is 1. The van der Waals surface area contributed by atoms with E-state index in [2.05, 4.69) is 29.5 Å². The van der Waals surface area contributed by atoms with E-state index in [0.29, 0.717) is 23.0 Å². The van der Waals surface area contributed by atoms with Crippen LogP contribution < -0.4 is 10.6 Å². The number of anilines is 1. The molecule has 0 saturated heterocycles. The number of fused-ring (bicyclic) bond motifs is 1. The Bertz CT molecular complexity index is 628. The van der Waals surface area contributed by atoms with Crippen LogP contribution in [0.15, 0.2) is 30.5 Å². The molecule has 1 heterocycles. The topological polar surface area (TPSA) is 54.0 Å². The van der Waals surface area contributed by atoms with Crippen LogP contribution in [-0.2, 0) is 4.79 Å². The molecule has 2 N–H and O–H groups in total. The first-order chi connectivity index (χ1) is 10.1. The van der Waals surface area contributed by atoms with E-state index in [1.165, 1.54) is 0 Å². The second-order valence-corrected chi connectivity index (χ2v) is 5.66. The van der Waals surface area contributed by atoms with Crippen LogP contribution in [0.3, 0.4) is 0 Å². The summed E-state index contributed by atoms with van der Waals surface area (Å²) in [5.74, 6) is 0.00744.